The third-order valence-electron chi connectivity index (χ3n) is 3.70. The number of aromatic nitrogens is 2. The number of hydrogen-bond acceptors (Lipinski definition) is 6. The Balaban J connectivity index is 1.94. The van der Waals surface area contributed by atoms with Crippen molar-refractivity contribution >= 4 is 17.3 Å². The molecule has 0 saturated heterocycles. The first-order chi connectivity index (χ1) is 10.0. The highest BCUT2D eigenvalue weighted by Crippen LogP contribution is 2.29. The number of benzene rings is 1. The number of nitrogen functional groups attached to an aromatic ring is 1. The Labute approximate surface area is 121 Å². The maximum absolute atomic E-state index is 10.9. The molecule has 7 heteroatoms. The normalized spacial score (nSPS) is 13.9. The Morgan fingerprint density at radius 2 is 2.24 bits per heavy atom. The Hall–Kier alpha value is -2.70. The molecule has 3 rings (SSSR count). The van der Waals surface area contributed by atoms with Gasteiger partial charge in [-0.1, -0.05) is 6.07 Å². The number of anilines is 2. The minimum Gasteiger partial charge on any atom is -0.368 e. The molecule has 0 bridgehead atoms. The minimum absolute atomic E-state index is 0.106. The van der Waals surface area contributed by atoms with Crippen LogP contribution in [0.4, 0.5) is 17.3 Å². The molecule has 7 nitrogen and oxygen atoms in total. The van der Waals surface area contributed by atoms with E-state index >= 15 is 0 Å². The van der Waals surface area contributed by atoms with Crippen molar-refractivity contribution in [1.82, 2.24) is 9.97 Å². The first kappa shape index (κ1) is 13.3. The van der Waals surface area contributed by atoms with Gasteiger partial charge in [0.25, 0.3) is 5.69 Å². The van der Waals surface area contributed by atoms with E-state index in [0.29, 0.717) is 6.54 Å². The van der Waals surface area contributed by atoms with Gasteiger partial charge in [-0.15, -0.1) is 0 Å². The molecule has 0 atom stereocenters. The van der Waals surface area contributed by atoms with Gasteiger partial charge in [0.05, 0.1) is 10.6 Å². The molecule has 1 aliphatic rings. The summed E-state index contributed by atoms with van der Waals surface area (Å²) in [4.78, 5) is 20.9. The van der Waals surface area contributed by atoms with Gasteiger partial charge in [-0.2, -0.15) is 0 Å². The second-order valence-corrected chi connectivity index (χ2v) is 5.10. The van der Waals surface area contributed by atoms with Crippen LogP contribution in [0, 0.1) is 17.0 Å². The molecule has 0 amide bonds. The van der Waals surface area contributed by atoms with E-state index in [-0.39, 0.29) is 16.6 Å². The van der Waals surface area contributed by atoms with Crippen molar-refractivity contribution < 1.29 is 4.92 Å². The molecule has 0 unspecified atom stereocenters. The van der Waals surface area contributed by atoms with E-state index in [1.807, 2.05) is 6.92 Å². The van der Waals surface area contributed by atoms with E-state index in [0.717, 1.165) is 35.5 Å². The zero-order valence-electron chi connectivity index (χ0n) is 11.6. The summed E-state index contributed by atoms with van der Waals surface area (Å²) in [5.41, 5.74) is 9.57. The molecule has 0 spiro atoms. The molecule has 0 saturated carbocycles. The molecule has 2 heterocycles. The van der Waals surface area contributed by atoms with Gasteiger partial charge in [-0.25, -0.2) is 9.97 Å². The highest BCUT2D eigenvalue weighted by molar-refractivity contribution is 5.59. The van der Waals surface area contributed by atoms with Gasteiger partial charge >= 0.3 is 0 Å². The van der Waals surface area contributed by atoms with Crippen molar-refractivity contribution in [2.24, 2.45) is 0 Å². The van der Waals surface area contributed by atoms with E-state index in [4.69, 9.17) is 5.73 Å². The number of nitrogens with zero attached hydrogens (tertiary/aromatic N) is 4. The van der Waals surface area contributed by atoms with E-state index in [2.05, 4.69) is 14.9 Å². The molecular weight excluding hydrogens is 270 g/mol. The van der Waals surface area contributed by atoms with Crippen LogP contribution in [0.3, 0.4) is 0 Å². The van der Waals surface area contributed by atoms with Crippen molar-refractivity contribution in [3.63, 3.8) is 0 Å². The van der Waals surface area contributed by atoms with Gasteiger partial charge < -0.3 is 10.6 Å². The number of fused-ring (bicyclic) bond motifs is 1. The number of hydrogen-bond donors (Lipinski definition) is 1. The molecular formula is C14H15N5O2. The Bertz CT molecular complexity index is 717. The van der Waals surface area contributed by atoms with Gasteiger partial charge in [-0.3, -0.25) is 10.1 Å². The van der Waals surface area contributed by atoms with Crippen LogP contribution in [-0.4, -0.2) is 21.4 Å². The zero-order chi connectivity index (χ0) is 15.0. The molecule has 108 valence electrons. The fourth-order valence-corrected chi connectivity index (χ4v) is 2.59. The van der Waals surface area contributed by atoms with Crippen LogP contribution in [0.5, 0.6) is 0 Å². The fraction of sp³-hybridized carbons (Fsp3) is 0.286. The van der Waals surface area contributed by atoms with E-state index in [9.17, 15) is 10.1 Å². The largest absolute Gasteiger partial charge is 0.368 e. The lowest BCUT2D eigenvalue weighted by Gasteiger charge is -2.30. The van der Waals surface area contributed by atoms with Gasteiger partial charge in [-0.05, 0) is 12.5 Å². The molecule has 0 aliphatic carbocycles. The molecule has 1 aromatic carbocycles. The maximum atomic E-state index is 10.9. The SMILES string of the molecule is Cc1ccc([N+](=O)[O-])cc1N1CCc2nc(N)ncc2C1. The summed E-state index contributed by atoms with van der Waals surface area (Å²) in [6.45, 7) is 3.34. The van der Waals surface area contributed by atoms with Gasteiger partial charge in [0.2, 0.25) is 5.95 Å². The summed E-state index contributed by atoms with van der Waals surface area (Å²) < 4.78 is 0. The number of aryl methyl sites for hydroxylation is 1. The standard InChI is InChI=1S/C14H15N5O2/c1-9-2-3-11(19(20)21)6-13(9)18-5-4-12-10(8-18)7-16-14(15)17-12/h2-3,6-7H,4-5,8H2,1H3,(H2,15,16,17). The van der Waals surface area contributed by atoms with Crippen molar-refractivity contribution in [2.75, 3.05) is 17.2 Å². The summed E-state index contributed by atoms with van der Waals surface area (Å²) in [7, 11) is 0. The molecule has 2 aromatic rings. The molecule has 0 fully saturated rings. The first-order valence-electron chi connectivity index (χ1n) is 6.65. The molecule has 1 aromatic heterocycles. The summed E-state index contributed by atoms with van der Waals surface area (Å²) >= 11 is 0. The van der Waals surface area contributed by atoms with E-state index < -0.39 is 0 Å². The lowest BCUT2D eigenvalue weighted by Crippen LogP contribution is -2.31. The van der Waals surface area contributed by atoms with Gasteiger partial charge in [0.15, 0.2) is 0 Å². The predicted molar refractivity (Wildman–Crippen MR) is 79.0 cm³/mol. The summed E-state index contributed by atoms with van der Waals surface area (Å²) in [5.74, 6) is 0.286. The van der Waals surface area contributed by atoms with Crippen molar-refractivity contribution in [3.8, 4) is 0 Å². The average Bonchev–Trinajstić information content (AvgIpc) is 2.47. The Kier molecular flexibility index (Phi) is 3.17. The Morgan fingerprint density at radius 1 is 1.43 bits per heavy atom. The third-order valence-corrected chi connectivity index (χ3v) is 3.70. The second-order valence-electron chi connectivity index (χ2n) is 5.10. The lowest BCUT2D eigenvalue weighted by atomic mass is 10.0. The lowest BCUT2D eigenvalue weighted by molar-refractivity contribution is -0.384. The summed E-state index contributed by atoms with van der Waals surface area (Å²) in [6, 6.07) is 4.93. The number of non-ortho nitro benzene ring substituents is 1. The van der Waals surface area contributed by atoms with Gasteiger partial charge in [0, 0.05) is 49.1 Å². The highest BCUT2D eigenvalue weighted by Gasteiger charge is 2.21. The van der Waals surface area contributed by atoms with Gasteiger partial charge in [0.1, 0.15) is 0 Å². The molecule has 0 radical (unpaired) electrons. The number of nitrogens with two attached hydrogens (primary N) is 1. The Morgan fingerprint density at radius 3 is 3.00 bits per heavy atom. The molecule has 21 heavy (non-hydrogen) atoms. The van der Waals surface area contributed by atoms with E-state index in [1.165, 1.54) is 6.07 Å². The number of nitro benzene ring substituents is 1. The van der Waals surface area contributed by atoms with Crippen LogP contribution >= 0.6 is 0 Å². The average molecular weight is 285 g/mol. The molecule has 1 aliphatic heterocycles. The van der Waals surface area contributed by atoms with Crippen molar-refractivity contribution in [3.05, 3.63) is 51.3 Å². The topological polar surface area (TPSA) is 98.2 Å². The quantitative estimate of drug-likeness (QED) is 0.667. The molecule has 2 N–H and O–H groups in total. The smallest absolute Gasteiger partial charge is 0.271 e. The minimum atomic E-state index is -0.370. The van der Waals surface area contributed by atoms with Crippen molar-refractivity contribution in [1.29, 1.82) is 0 Å². The van der Waals surface area contributed by atoms with Crippen LogP contribution in [0.2, 0.25) is 0 Å². The number of rotatable bonds is 2. The second kappa shape index (κ2) is 5.01. The fourth-order valence-electron chi connectivity index (χ4n) is 2.59. The zero-order valence-corrected chi connectivity index (χ0v) is 11.6. The summed E-state index contributed by atoms with van der Waals surface area (Å²) in [6.07, 6.45) is 2.49. The van der Waals surface area contributed by atoms with Crippen molar-refractivity contribution in [2.45, 2.75) is 19.9 Å². The van der Waals surface area contributed by atoms with Crippen LogP contribution in [0.1, 0.15) is 16.8 Å². The van der Waals surface area contributed by atoms with E-state index in [1.54, 1.807) is 18.3 Å². The highest BCUT2D eigenvalue weighted by atomic mass is 16.6. The first-order valence-corrected chi connectivity index (χ1v) is 6.65. The maximum Gasteiger partial charge on any atom is 0.271 e. The monoisotopic (exact) mass is 285 g/mol. The van der Waals surface area contributed by atoms with Crippen LogP contribution in [-0.2, 0) is 13.0 Å². The van der Waals surface area contributed by atoms with Crippen LogP contribution < -0.4 is 10.6 Å². The summed E-state index contributed by atoms with van der Waals surface area (Å²) in [5, 5.41) is 10.9. The van der Waals surface area contributed by atoms with Crippen LogP contribution in [0.25, 0.3) is 0 Å². The predicted octanol–water partition coefficient (Wildman–Crippen LogP) is 1.84. The number of nitro groups is 1. The van der Waals surface area contributed by atoms with Crippen LogP contribution in [0.15, 0.2) is 24.4 Å². The third kappa shape index (κ3) is 2.49.